The first-order valence-electron chi connectivity index (χ1n) is 6.46. The smallest absolute Gasteiger partial charge is 0.193 e. The molecule has 0 bridgehead atoms. The lowest BCUT2D eigenvalue weighted by Gasteiger charge is -2.20. The van der Waals surface area contributed by atoms with Crippen LogP contribution in [0.3, 0.4) is 0 Å². The lowest BCUT2D eigenvalue weighted by atomic mass is 10.0. The zero-order valence-electron chi connectivity index (χ0n) is 10.1. The minimum absolute atomic E-state index is 0.158. The Morgan fingerprint density at radius 2 is 1.76 bits per heavy atom. The lowest BCUT2D eigenvalue weighted by Crippen LogP contribution is -2.09. The number of hydrogen-bond donors (Lipinski definition) is 2. The van der Waals surface area contributed by atoms with Crippen LogP contribution in [0.2, 0.25) is 0 Å². The van der Waals surface area contributed by atoms with Gasteiger partial charge in [0.15, 0.2) is 11.8 Å². The van der Waals surface area contributed by atoms with Gasteiger partial charge in [0, 0.05) is 23.9 Å². The summed E-state index contributed by atoms with van der Waals surface area (Å²) in [5.74, 6) is 1.43. The molecule has 2 rings (SSSR count). The van der Waals surface area contributed by atoms with Crippen molar-refractivity contribution in [2.45, 2.75) is 50.3 Å². The number of aromatic hydroxyl groups is 2. The number of nitrogens with zero attached hydrogens (tertiary/aromatic N) is 1. The Labute approximate surface area is 107 Å². The van der Waals surface area contributed by atoms with Crippen molar-refractivity contribution in [1.82, 2.24) is 4.57 Å². The molecule has 1 aliphatic rings. The molecule has 4 heteroatoms. The first kappa shape index (κ1) is 12.7. The summed E-state index contributed by atoms with van der Waals surface area (Å²) in [7, 11) is 0. The van der Waals surface area contributed by atoms with Crippen molar-refractivity contribution in [2.24, 2.45) is 0 Å². The van der Waals surface area contributed by atoms with E-state index >= 15 is 0 Å². The fraction of sp³-hybridized carbons (Fsp3) is 0.692. The highest BCUT2D eigenvalue weighted by atomic mass is 32.2. The van der Waals surface area contributed by atoms with Gasteiger partial charge in [-0.25, -0.2) is 0 Å². The molecule has 1 fully saturated rings. The maximum absolute atomic E-state index is 9.48. The van der Waals surface area contributed by atoms with Crippen LogP contribution in [0, 0.1) is 0 Å². The zero-order chi connectivity index (χ0) is 12.1. The maximum atomic E-state index is 9.48. The van der Waals surface area contributed by atoms with Crippen LogP contribution in [0.15, 0.2) is 12.1 Å². The molecule has 0 unspecified atom stereocenters. The van der Waals surface area contributed by atoms with Crippen LogP contribution in [0.25, 0.3) is 0 Å². The number of hydrogen-bond acceptors (Lipinski definition) is 3. The molecule has 0 aromatic carbocycles. The summed E-state index contributed by atoms with van der Waals surface area (Å²) < 4.78 is 1.56. The second-order valence-electron chi connectivity index (χ2n) is 4.69. The average Bonchev–Trinajstić information content (AvgIpc) is 2.67. The normalized spacial score (nSPS) is 17.4. The monoisotopic (exact) mass is 255 g/mol. The number of thioether (sulfide) groups is 1. The van der Waals surface area contributed by atoms with E-state index in [1.54, 1.807) is 4.57 Å². The van der Waals surface area contributed by atoms with Crippen LogP contribution in [0.5, 0.6) is 11.8 Å². The molecule has 2 N–H and O–H groups in total. The Morgan fingerprint density at radius 1 is 1.12 bits per heavy atom. The second-order valence-corrected chi connectivity index (χ2v) is 6.09. The van der Waals surface area contributed by atoms with Gasteiger partial charge in [-0.2, -0.15) is 11.8 Å². The molecule has 0 saturated heterocycles. The Morgan fingerprint density at radius 3 is 2.41 bits per heavy atom. The fourth-order valence-corrected chi connectivity index (χ4v) is 3.68. The molecule has 96 valence electrons. The third kappa shape index (κ3) is 3.60. The quantitative estimate of drug-likeness (QED) is 0.793. The van der Waals surface area contributed by atoms with Gasteiger partial charge in [0.2, 0.25) is 0 Å². The van der Waals surface area contributed by atoms with Gasteiger partial charge in [-0.1, -0.05) is 19.3 Å². The Hall–Kier alpha value is -0.770. The third-order valence-electron chi connectivity index (χ3n) is 3.37. The summed E-state index contributed by atoms with van der Waals surface area (Å²) in [6.07, 6.45) is 7.90. The Kier molecular flexibility index (Phi) is 4.66. The number of rotatable bonds is 5. The van der Waals surface area contributed by atoms with Gasteiger partial charge in [-0.3, -0.25) is 4.57 Å². The predicted octanol–water partition coefficient (Wildman–Crippen LogP) is 3.36. The van der Waals surface area contributed by atoms with Crippen LogP contribution in [0.4, 0.5) is 0 Å². The van der Waals surface area contributed by atoms with Gasteiger partial charge in [-0.05, 0) is 25.0 Å². The molecule has 1 heterocycles. The summed E-state index contributed by atoms with van der Waals surface area (Å²) >= 11 is 2.05. The van der Waals surface area contributed by atoms with E-state index in [4.69, 9.17) is 0 Å². The largest absolute Gasteiger partial charge is 0.494 e. The van der Waals surface area contributed by atoms with Crippen LogP contribution in [-0.4, -0.2) is 25.8 Å². The van der Waals surface area contributed by atoms with Crippen molar-refractivity contribution < 1.29 is 10.2 Å². The van der Waals surface area contributed by atoms with E-state index in [-0.39, 0.29) is 11.8 Å². The van der Waals surface area contributed by atoms with Gasteiger partial charge >= 0.3 is 0 Å². The highest BCUT2D eigenvalue weighted by molar-refractivity contribution is 7.99. The van der Waals surface area contributed by atoms with E-state index in [1.807, 2.05) is 0 Å². The lowest BCUT2D eigenvalue weighted by molar-refractivity contribution is 0.367. The first-order chi connectivity index (χ1) is 8.27. The highest BCUT2D eigenvalue weighted by Crippen LogP contribution is 2.29. The molecule has 0 aliphatic heterocycles. The van der Waals surface area contributed by atoms with Crippen LogP contribution >= 0.6 is 11.8 Å². The summed E-state index contributed by atoms with van der Waals surface area (Å²) in [4.78, 5) is 0. The van der Waals surface area contributed by atoms with Gasteiger partial charge in [-0.15, -0.1) is 0 Å². The molecule has 0 atom stereocenters. The third-order valence-corrected chi connectivity index (χ3v) is 4.83. The van der Waals surface area contributed by atoms with E-state index in [2.05, 4.69) is 11.8 Å². The standard InChI is InChI=1S/C13H21NO2S/c15-12-7-8-13(16)14(12)9-4-10-17-11-5-2-1-3-6-11/h7-8,11,15-16H,1-6,9-10H2. The van der Waals surface area contributed by atoms with E-state index in [0.717, 1.165) is 17.4 Å². The molecular formula is C13H21NO2S. The van der Waals surface area contributed by atoms with Crippen molar-refractivity contribution in [1.29, 1.82) is 0 Å². The molecule has 0 radical (unpaired) electrons. The fourth-order valence-electron chi connectivity index (χ4n) is 2.38. The van der Waals surface area contributed by atoms with Crippen LogP contribution < -0.4 is 0 Å². The summed E-state index contributed by atoms with van der Waals surface area (Å²) in [6.45, 7) is 0.699. The molecule has 1 saturated carbocycles. The Balaban J connectivity index is 1.66. The second kappa shape index (κ2) is 6.24. The molecule has 0 amide bonds. The molecule has 3 nitrogen and oxygen atoms in total. The molecule has 1 aromatic heterocycles. The minimum Gasteiger partial charge on any atom is -0.494 e. The van der Waals surface area contributed by atoms with E-state index in [0.29, 0.717) is 6.54 Å². The summed E-state index contributed by atoms with van der Waals surface area (Å²) in [6, 6.07) is 3.06. The summed E-state index contributed by atoms with van der Waals surface area (Å²) in [5.41, 5.74) is 0. The van der Waals surface area contributed by atoms with E-state index in [9.17, 15) is 10.2 Å². The van der Waals surface area contributed by atoms with Crippen molar-refractivity contribution in [3.05, 3.63) is 12.1 Å². The zero-order valence-corrected chi connectivity index (χ0v) is 11.0. The van der Waals surface area contributed by atoms with Gasteiger partial charge in [0.05, 0.1) is 0 Å². The van der Waals surface area contributed by atoms with Gasteiger partial charge in [0.1, 0.15) is 0 Å². The molecular weight excluding hydrogens is 234 g/mol. The van der Waals surface area contributed by atoms with Crippen LogP contribution in [0.1, 0.15) is 38.5 Å². The molecule has 17 heavy (non-hydrogen) atoms. The topological polar surface area (TPSA) is 45.4 Å². The molecule has 1 aromatic rings. The van der Waals surface area contributed by atoms with Gasteiger partial charge < -0.3 is 10.2 Å². The molecule has 1 aliphatic carbocycles. The molecule has 0 spiro atoms. The summed E-state index contributed by atoms with van der Waals surface area (Å²) in [5, 5.41) is 19.8. The van der Waals surface area contributed by atoms with E-state index < -0.39 is 0 Å². The van der Waals surface area contributed by atoms with Crippen molar-refractivity contribution in [3.8, 4) is 11.8 Å². The predicted molar refractivity (Wildman–Crippen MR) is 71.7 cm³/mol. The highest BCUT2D eigenvalue weighted by Gasteiger charge is 2.13. The minimum atomic E-state index is 0.158. The van der Waals surface area contributed by atoms with Crippen molar-refractivity contribution in [2.75, 3.05) is 5.75 Å². The van der Waals surface area contributed by atoms with E-state index in [1.165, 1.54) is 44.2 Å². The van der Waals surface area contributed by atoms with Crippen molar-refractivity contribution >= 4 is 11.8 Å². The SMILES string of the molecule is Oc1ccc(O)n1CCCSC1CCCCC1. The average molecular weight is 255 g/mol. The van der Waals surface area contributed by atoms with Crippen molar-refractivity contribution in [3.63, 3.8) is 0 Å². The van der Waals surface area contributed by atoms with Gasteiger partial charge in [0.25, 0.3) is 0 Å². The number of aromatic nitrogens is 1. The van der Waals surface area contributed by atoms with Crippen LogP contribution in [-0.2, 0) is 6.54 Å². The maximum Gasteiger partial charge on any atom is 0.193 e. The first-order valence-corrected chi connectivity index (χ1v) is 7.51. The Bertz CT molecular complexity index is 326.